The van der Waals surface area contributed by atoms with Gasteiger partial charge in [-0.05, 0) is 24.3 Å². The van der Waals surface area contributed by atoms with Crippen molar-refractivity contribution in [1.29, 1.82) is 0 Å². The number of hydrogen-bond donors (Lipinski definition) is 1. The molecular formula is C12H9F2NO. The van der Waals surface area contributed by atoms with Crippen LogP contribution >= 0.6 is 0 Å². The van der Waals surface area contributed by atoms with E-state index in [0.717, 1.165) is 0 Å². The summed E-state index contributed by atoms with van der Waals surface area (Å²) >= 11 is 0. The van der Waals surface area contributed by atoms with E-state index in [9.17, 15) is 8.78 Å². The predicted molar refractivity (Wildman–Crippen MR) is 55.5 cm³/mol. The molecule has 0 aliphatic carbocycles. The van der Waals surface area contributed by atoms with Gasteiger partial charge in [0.05, 0.1) is 12.3 Å². The lowest BCUT2D eigenvalue weighted by atomic mass is 10.1. The van der Waals surface area contributed by atoms with Gasteiger partial charge in [0.1, 0.15) is 17.3 Å². The van der Waals surface area contributed by atoms with Gasteiger partial charge >= 0.3 is 0 Å². The second kappa shape index (κ2) is 4.37. The molecule has 0 amide bonds. The van der Waals surface area contributed by atoms with Crippen LogP contribution in [0.5, 0.6) is 0 Å². The van der Waals surface area contributed by atoms with Crippen molar-refractivity contribution in [1.82, 2.24) is 4.98 Å². The number of pyridine rings is 1. The normalized spacial score (nSPS) is 10.4. The van der Waals surface area contributed by atoms with E-state index < -0.39 is 11.6 Å². The number of aliphatic hydroxyl groups excluding tert-OH is 1. The number of halogens is 2. The summed E-state index contributed by atoms with van der Waals surface area (Å²) in [4.78, 5) is 3.86. The zero-order valence-corrected chi connectivity index (χ0v) is 8.32. The molecular weight excluding hydrogens is 212 g/mol. The van der Waals surface area contributed by atoms with Crippen molar-refractivity contribution >= 4 is 0 Å². The molecule has 0 unspecified atom stereocenters. The largest absolute Gasteiger partial charge is 0.390 e. The van der Waals surface area contributed by atoms with E-state index in [-0.39, 0.29) is 17.9 Å². The van der Waals surface area contributed by atoms with E-state index in [2.05, 4.69) is 4.98 Å². The van der Waals surface area contributed by atoms with Crippen molar-refractivity contribution in [3.63, 3.8) is 0 Å². The summed E-state index contributed by atoms with van der Waals surface area (Å²) in [5.41, 5.74) is 0.319. The molecule has 1 aromatic heterocycles. The summed E-state index contributed by atoms with van der Waals surface area (Å²) in [6.45, 7) is -0.304. The molecule has 1 N–H and O–H groups in total. The van der Waals surface area contributed by atoms with Crippen molar-refractivity contribution in [2.75, 3.05) is 0 Å². The third-order valence-corrected chi connectivity index (χ3v) is 2.19. The monoisotopic (exact) mass is 221 g/mol. The molecule has 1 aromatic carbocycles. The summed E-state index contributed by atoms with van der Waals surface area (Å²) in [6.07, 6.45) is 0. The first kappa shape index (κ1) is 10.7. The van der Waals surface area contributed by atoms with Gasteiger partial charge in [-0.15, -0.1) is 0 Å². The highest BCUT2D eigenvalue weighted by atomic mass is 19.1. The van der Waals surface area contributed by atoms with E-state index in [0.29, 0.717) is 5.69 Å². The summed E-state index contributed by atoms with van der Waals surface area (Å²) in [5.74, 6) is -1.15. The Balaban J connectivity index is 2.59. The van der Waals surface area contributed by atoms with Crippen LogP contribution in [-0.4, -0.2) is 10.1 Å². The van der Waals surface area contributed by atoms with Gasteiger partial charge in [-0.3, -0.25) is 0 Å². The molecule has 4 heteroatoms. The topological polar surface area (TPSA) is 33.1 Å². The predicted octanol–water partition coefficient (Wildman–Crippen LogP) is 2.52. The molecule has 0 bridgehead atoms. The Morgan fingerprint density at radius 3 is 2.44 bits per heavy atom. The highest BCUT2D eigenvalue weighted by Gasteiger charge is 2.11. The van der Waals surface area contributed by atoms with Crippen molar-refractivity contribution in [2.45, 2.75) is 6.61 Å². The molecule has 0 fully saturated rings. The SMILES string of the molecule is OCc1ccc(F)c(-c2ccccc2F)n1. The summed E-state index contributed by atoms with van der Waals surface area (Å²) in [6, 6.07) is 8.34. The van der Waals surface area contributed by atoms with Crippen LogP contribution in [0, 0.1) is 11.6 Å². The standard InChI is InChI=1S/C12H9F2NO/c13-10-4-2-1-3-9(10)12-11(14)6-5-8(7-16)15-12/h1-6,16H,7H2. The van der Waals surface area contributed by atoms with Gasteiger partial charge in [-0.25, -0.2) is 13.8 Å². The Hall–Kier alpha value is -1.81. The fraction of sp³-hybridized carbons (Fsp3) is 0.0833. The quantitative estimate of drug-likeness (QED) is 0.845. The van der Waals surface area contributed by atoms with Gasteiger partial charge in [0, 0.05) is 5.56 Å². The number of hydrogen-bond acceptors (Lipinski definition) is 2. The van der Waals surface area contributed by atoms with Crippen LogP contribution in [0.1, 0.15) is 5.69 Å². The molecule has 82 valence electrons. The number of aromatic nitrogens is 1. The average molecular weight is 221 g/mol. The minimum Gasteiger partial charge on any atom is -0.390 e. The third-order valence-electron chi connectivity index (χ3n) is 2.19. The highest BCUT2D eigenvalue weighted by Crippen LogP contribution is 2.23. The van der Waals surface area contributed by atoms with Crippen LogP contribution in [0.2, 0.25) is 0 Å². The molecule has 2 aromatic rings. The second-order valence-electron chi connectivity index (χ2n) is 3.27. The Morgan fingerprint density at radius 1 is 1.00 bits per heavy atom. The fourth-order valence-electron chi connectivity index (χ4n) is 1.41. The molecule has 2 nitrogen and oxygen atoms in total. The van der Waals surface area contributed by atoms with Crippen molar-refractivity contribution in [3.8, 4) is 11.3 Å². The molecule has 16 heavy (non-hydrogen) atoms. The van der Waals surface area contributed by atoms with Crippen LogP contribution < -0.4 is 0 Å². The van der Waals surface area contributed by atoms with Crippen molar-refractivity contribution in [3.05, 3.63) is 53.7 Å². The first-order chi connectivity index (χ1) is 7.72. The molecule has 0 saturated carbocycles. The van der Waals surface area contributed by atoms with E-state index in [1.165, 1.54) is 30.3 Å². The molecule has 0 saturated heterocycles. The van der Waals surface area contributed by atoms with Gasteiger partial charge in [0.25, 0.3) is 0 Å². The van der Waals surface area contributed by atoms with Crippen LogP contribution in [0.25, 0.3) is 11.3 Å². The van der Waals surface area contributed by atoms with Crippen LogP contribution in [0.15, 0.2) is 36.4 Å². The minimum atomic E-state index is -0.609. The molecule has 0 atom stereocenters. The highest BCUT2D eigenvalue weighted by molar-refractivity contribution is 5.60. The Labute approximate surface area is 91.2 Å². The molecule has 1 heterocycles. The Morgan fingerprint density at radius 2 is 1.75 bits per heavy atom. The average Bonchev–Trinajstić information content (AvgIpc) is 2.31. The number of nitrogens with zero attached hydrogens (tertiary/aromatic N) is 1. The molecule has 0 aliphatic rings. The van der Waals surface area contributed by atoms with Crippen LogP contribution in [0.4, 0.5) is 8.78 Å². The van der Waals surface area contributed by atoms with Crippen molar-refractivity contribution in [2.24, 2.45) is 0 Å². The Kier molecular flexibility index (Phi) is 2.92. The first-order valence-corrected chi connectivity index (χ1v) is 4.73. The number of aliphatic hydroxyl groups is 1. The lowest BCUT2D eigenvalue weighted by Gasteiger charge is -2.05. The summed E-state index contributed by atoms with van der Waals surface area (Å²) in [5, 5.41) is 8.89. The van der Waals surface area contributed by atoms with E-state index in [1.54, 1.807) is 6.07 Å². The molecule has 2 rings (SSSR count). The van der Waals surface area contributed by atoms with Gasteiger partial charge in [0.2, 0.25) is 0 Å². The summed E-state index contributed by atoms with van der Waals surface area (Å²) in [7, 11) is 0. The third kappa shape index (κ3) is 1.92. The second-order valence-corrected chi connectivity index (χ2v) is 3.27. The maximum atomic E-state index is 13.5. The van der Waals surface area contributed by atoms with E-state index in [1.807, 2.05) is 0 Å². The first-order valence-electron chi connectivity index (χ1n) is 4.73. The number of rotatable bonds is 2. The van der Waals surface area contributed by atoms with Crippen LogP contribution in [0.3, 0.4) is 0 Å². The van der Waals surface area contributed by atoms with Gasteiger partial charge in [-0.2, -0.15) is 0 Å². The van der Waals surface area contributed by atoms with Gasteiger partial charge in [0.15, 0.2) is 0 Å². The van der Waals surface area contributed by atoms with Gasteiger partial charge in [-0.1, -0.05) is 12.1 Å². The maximum absolute atomic E-state index is 13.5. The smallest absolute Gasteiger partial charge is 0.149 e. The maximum Gasteiger partial charge on any atom is 0.149 e. The molecule has 0 spiro atoms. The van der Waals surface area contributed by atoms with Crippen LogP contribution in [-0.2, 0) is 6.61 Å². The van der Waals surface area contributed by atoms with E-state index >= 15 is 0 Å². The van der Waals surface area contributed by atoms with E-state index in [4.69, 9.17) is 5.11 Å². The molecule has 0 radical (unpaired) electrons. The number of benzene rings is 1. The minimum absolute atomic E-state index is 0.0790. The summed E-state index contributed by atoms with van der Waals surface area (Å²) < 4.78 is 26.9. The molecule has 0 aliphatic heterocycles. The fourth-order valence-corrected chi connectivity index (χ4v) is 1.41. The zero-order valence-electron chi connectivity index (χ0n) is 8.32. The lowest BCUT2D eigenvalue weighted by molar-refractivity contribution is 0.276. The van der Waals surface area contributed by atoms with Gasteiger partial charge < -0.3 is 5.11 Å². The van der Waals surface area contributed by atoms with Crippen molar-refractivity contribution < 1.29 is 13.9 Å². The lowest BCUT2D eigenvalue weighted by Crippen LogP contribution is -1.96. The Bertz CT molecular complexity index is 514. The zero-order chi connectivity index (χ0) is 11.5.